The number of hydrogen-bond acceptors (Lipinski definition) is 6. The summed E-state index contributed by atoms with van der Waals surface area (Å²) in [6.07, 6.45) is 1.25. The Kier molecular flexibility index (Phi) is 8.90. The van der Waals surface area contributed by atoms with Gasteiger partial charge in [0, 0.05) is 15.7 Å². The van der Waals surface area contributed by atoms with Crippen LogP contribution in [0.5, 0.6) is 11.5 Å². The summed E-state index contributed by atoms with van der Waals surface area (Å²) >= 11 is 3.33. The van der Waals surface area contributed by atoms with Crippen LogP contribution in [-0.2, 0) is 14.4 Å². The molecule has 3 aromatic rings. The largest absolute Gasteiger partial charge is 0.497 e. The molecule has 180 valence electrons. The molecule has 3 rings (SSSR count). The molecule has 0 aliphatic carbocycles. The molecule has 0 aliphatic heterocycles. The van der Waals surface area contributed by atoms with E-state index in [1.54, 1.807) is 49.6 Å². The van der Waals surface area contributed by atoms with Crippen molar-refractivity contribution in [1.82, 2.24) is 5.43 Å². The van der Waals surface area contributed by atoms with Crippen molar-refractivity contribution in [3.8, 4) is 11.5 Å². The summed E-state index contributed by atoms with van der Waals surface area (Å²) in [5, 5.41) is 8.60. The molecule has 0 saturated carbocycles. The van der Waals surface area contributed by atoms with Crippen LogP contribution in [0.4, 0.5) is 15.8 Å². The molecule has 3 amide bonds. The zero-order chi connectivity index (χ0) is 25.2. The summed E-state index contributed by atoms with van der Waals surface area (Å²) < 4.78 is 25.0. The Morgan fingerprint density at radius 2 is 1.74 bits per heavy atom. The summed E-state index contributed by atoms with van der Waals surface area (Å²) in [6, 6.07) is 17.2. The van der Waals surface area contributed by atoms with Gasteiger partial charge in [-0.15, -0.1) is 0 Å². The highest BCUT2D eigenvalue weighted by atomic mass is 79.9. The van der Waals surface area contributed by atoms with Gasteiger partial charge in [-0.2, -0.15) is 5.10 Å². The molecule has 3 aromatic carbocycles. The third-order valence-corrected chi connectivity index (χ3v) is 4.90. The fraction of sp³-hybridized carbons (Fsp3) is 0.0833. The van der Waals surface area contributed by atoms with Crippen LogP contribution in [0, 0.1) is 5.82 Å². The van der Waals surface area contributed by atoms with Gasteiger partial charge >= 0.3 is 11.8 Å². The minimum Gasteiger partial charge on any atom is -0.497 e. The lowest BCUT2D eigenvalue weighted by molar-refractivity contribution is -0.136. The Balaban J connectivity index is 1.57. The second kappa shape index (κ2) is 12.3. The molecule has 35 heavy (non-hydrogen) atoms. The number of methoxy groups -OCH3 is 1. The number of hydrazone groups is 1. The van der Waals surface area contributed by atoms with Crippen LogP contribution in [0.2, 0.25) is 0 Å². The summed E-state index contributed by atoms with van der Waals surface area (Å²) in [4.78, 5) is 36.1. The monoisotopic (exact) mass is 542 g/mol. The van der Waals surface area contributed by atoms with Crippen molar-refractivity contribution < 1.29 is 28.2 Å². The number of anilines is 2. The lowest BCUT2D eigenvalue weighted by Gasteiger charge is -2.10. The van der Waals surface area contributed by atoms with Crippen LogP contribution in [0.1, 0.15) is 5.56 Å². The van der Waals surface area contributed by atoms with Crippen molar-refractivity contribution in [2.24, 2.45) is 5.10 Å². The van der Waals surface area contributed by atoms with Crippen molar-refractivity contribution in [1.29, 1.82) is 0 Å². The first-order valence-electron chi connectivity index (χ1n) is 10.1. The molecule has 0 atom stereocenters. The second-order valence-electron chi connectivity index (χ2n) is 6.88. The van der Waals surface area contributed by atoms with Gasteiger partial charge in [0.25, 0.3) is 5.91 Å². The van der Waals surface area contributed by atoms with Crippen molar-refractivity contribution in [2.45, 2.75) is 0 Å². The first-order chi connectivity index (χ1) is 16.9. The number of carbonyl (C=O) groups is 3. The fourth-order valence-electron chi connectivity index (χ4n) is 2.72. The highest BCUT2D eigenvalue weighted by molar-refractivity contribution is 9.10. The zero-order valence-electron chi connectivity index (χ0n) is 18.4. The Bertz CT molecular complexity index is 1250. The fourth-order valence-corrected chi connectivity index (χ4v) is 3.10. The number of benzene rings is 3. The van der Waals surface area contributed by atoms with Gasteiger partial charge in [0.1, 0.15) is 17.3 Å². The number of nitrogens with zero attached hydrogens (tertiary/aromatic N) is 1. The molecule has 0 spiro atoms. The Hall–Kier alpha value is -4.25. The van der Waals surface area contributed by atoms with Crippen molar-refractivity contribution in [3.63, 3.8) is 0 Å². The van der Waals surface area contributed by atoms with Gasteiger partial charge in [-0.1, -0.05) is 28.1 Å². The summed E-state index contributed by atoms with van der Waals surface area (Å²) in [7, 11) is 1.55. The minimum atomic E-state index is -1.10. The molecule has 3 N–H and O–H groups in total. The molecule has 0 heterocycles. The van der Waals surface area contributed by atoms with Crippen LogP contribution in [0.3, 0.4) is 0 Å². The number of hydrogen-bond donors (Lipinski definition) is 3. The van der Waals surface area contributed by atoms with Gasteiger partial charge in [-0.05, 0) is 54.6 Å². The predicted octanol–water partition coefficient (Wildman–Crippen LogP) is 3.70. The molecule has 11 heteroatoms. The lowest BCUT2D eigenvalue weighted by Crippen LogP contribution is -2.32. The number of nitrogens with one attached hydrogen (secondary N) is 3. The molecule has 0 aromatic heterocycles. The summed E-state index contributed by atoms with van der Waals surface area (Å²) in [5.74, 6) is -2.28. The SMILES string of the molecule is COc1ccc(NC(=O)COc2ccc(Br)cc2/C=N\NC(=O)C(=O)Nc2ccccc2F)cc1. The number of rotatable bonds is 8. The van der Waals surface area contributed by atoms with Crippen molar-refractivity contribution in [3.05, 3.63) is 82.6 Å². The Labute approximate surface area is 208 Å². The zero-order valence-corrected chi connectivity index (χ0v) is 20.0. The van der Waals surface area contributed by atoms with E-state index in [9.17, 15) is 18.8 Å². The van der Waals surface area contributed by atoms with E-state index in [2.05, 4.69) is 37.1 Å². The Morgan fingerprint density at radius 1 is 1.00 bits per heavy atom. The van der Waals surface area contributed by atoms with E-state index in [4.69, 9.17) is 9.47 Å². The standard InChI is InChI=1S/C24H20BrFN4O5/c1-34-18-9-7-17(8-10-18)28-22(31)14-35-21-11-6-16(25)12-15(21)13-27-30-24(33)23(32)29-20-5-3-2-4-19(20)26/h2-13H,14H2,1H3,(H,28,31)(H,29,32)(H,30,33)/b27-13-. The van der Waals surface area contributed by atoms with E-state index >= 15 is 0 Å². The van der Waals surface area contributed by atoms with Crippen LogP contribution >= 0.6 is 15.9 Å². The number of carbonyl (C=O) groups excluding carboxylic acids is 3. The average molecular weight is 543 g/mol. The molecule has 9 nitrogen and oxygen atoms in total. The first kappa shape index (κ1) is 25.4. The molecular formula is C24H20BrFN4O5. The minimum absolute atomic E-state index is 0.132. The molecule has 0 radical (unpaired) electrons. The number of ether oxygens (including phenoxy) is 2. The smallest absolute Gasteiger partial charge is 0.329 e. The number of para-hydroxylation sites is 1. The van der Waals surface area contributed by atoms with E-state index in [0.717, 1.165) is 6.07 Å². The Morgan fingerprint density at radius 3 is 2.46 bits per heavy atom. The predicted molar refractivity (Wildman–Crippen MR) is 132 cm³/mol. The van der Waals surface area contributed by atoms with Gasteiger partial charge in [-0.25, -0.2) is 9.82 Å². The summed E-state index contributed by atoms with van der Waals surface area (Å²) in [6.45, 7) is -0.286. The molecule has 0 fully saturated rings. The van der Waals surface area contributed by atoms with E-state index < -0.39 is 17.6 Å². The lowest BCUT2D eigenvalue weighted by atomic mass is 10.2. The van der Waals surface area contributed by atoms with Gasteiger partial charge in [0.2, 0.25) is 0 Å². The number of amides is 3. The van der Waals surface area contributed by atoms with E-state index in [0.29, 0.717) is 27.2 Å². The third kappa shape index (κ3) is 7.64. The molecule has 0 aliphatic rings. The highest BCUT2D eigenvalue weighted by Gasteiger charge is 2.15. The maximum absolute atomic E-state index is 13.6. The second-order valence-corrected chi connectivity index (χ2v) is 7.80. The summed E-state index contributed by atoms with van der Waals surface area (Å²) in [5.41, 5.74) is 2.93. The van der Waals surface area contributed by atoms with Crippen molar-refractivity contribution >= 4 is 51.2 Å². The average Bonchev–Trinajstić information content (AvgIpc) is 2.85. The highest BCUT2D eigenvalue weighted by Crippen LogP contribution is 2.22. The van der Waals surface area contributed by atoms with Crippen LogP contribution in [0.25, 0.3) is 0 Å². The normalized spacial score (nSPS) is 10.5. The van der Waals surface area contributed by atoms with Crippen LogP contribution < -0.4 is 25.5 Å². The first-order valence-corrected chi connectivity index (χ1v) is 10.9. The quantitative estimate of drug-likeness (QED) is 0.228. The molecule has 0 saturated heterocycles. The maximum atomic E-state index is 13.6. The van der Waals surface area contributed by atoms with E-state index in [-0.39, 0.29) is 18.2 Å². The topological polar surface area (TPSA) is 118 Å². The van der Waals surface area contributed by atoms with Crippen molar-refractivity contribution in [2.75, 3.05) is 24.4 Å². The number of halogens is 2. The third-order valence-electron chi connectivity index (χ3n) is 4.40. The van der Waals surface area contributed by atoms with E-state index in [1.807, 2.05) is 0 Å². The van der Waals surface area contributed by atoms with Gasteiger partial charge < -0.3 is 20.1 Å². The molecule has 0 bridgehead atoms. The van der Waals surface area contributed by atoms with Gasteiger partial charge in [-0.3, -0.25) is 14.4 Å². The molecule has 0 unspecified atom stereocenters. The molecular weight excluding hydrogens is 523 g/mol. The maximum Gasteiger partial charge on any atom is 0.329 e. The van der Waals surface area contributed by atoms with Gasteiger partial charge in [0.05, 0.1) is 19.0 Å². The van der Waals surface area contributed by atoms with E-state index in [1.165, 1.54) is 24.4 Å². The van der Waals surface area contributed by atoms with Crippen LogP contribution in [0.15, 0.2) is 76.3 Å². The van der Waals surface area contributed by atoms with Crippen LogP contribution in [-0.4, -0.2) is 37.7 Å². The van der Waals surface area contributed by atoms with Gasteiger partial charge in [0.15, 0.2) is 6.61 Å².